The van der Waals surface area contributed by atoms with Crippen LogP contribution in [-0.2, 0) is 11.8 Å². The molecule has 0 amide bonds. The molecule has 0 radical (unpaired) electrons. The molecule has 0 saturated carbocycles. The van der Waals surface area contributed by atoms with E-state index in [-0.39, 0.29) is 17.0 Å². The van der Waals surface area contributed by atoms with Crippen molar-refractivity contribution in [3.63, 3.8) is 0 Å². The number of rotatable bonds is 4. The lowest BCUT2D eigenvalue weighted by Gasteiger charge is -2.32. The van der Waals surface area contributed by atoms with Crippen LogP contribution in [0.1, 0.15) is 43.0 Å². The highest BCUT2D eigenvalue weighted by Gasteiger charge is 2.44. The number of hydrogen-bond donors (Lipinski definition) is 0. The van der Waals surface area contributed by atoms with E-state index in [2.05, 4.69) is 172 Å². The Morgan fingerprint density at radius 2 is 1.43 bits per heavy atom. The van der Waals surface area contributed by atoms with E-state index in [1.807, 2.05) is 34.1 Å². The Bertz CT molecular complexity index is 3680. The molecule has 2 atom stereocenters. The number of para-hydroxylation sites is 1. The third-order valence-electron chi connectivity index (χ3n) is 13.6. The topological polar surface area (TPSA) is 22.0 Å². The first kappa shape index (κ1) is 35.2. The molecular formula is C57H41NOS. The Hall–Kier alpha value is -6.81. The number of benzene rings is 7. The van der Waals surface area contributed by atoms with Crippen molar-refractivity contribution in [3.05, 3.63) is 206 Å². The van der Waals surface area contributed by atoms with Gasteiger partial charge in [-0.1, -0.05) is 152 Å². The molecule has 7 aromatic carbocycles. The van der Waals surface area contributed by atoms with E-state index in [4.69, 9.17) is 0 Å². The Labute approximate surface area is 352 Å². The van der Waals surface area contributed by atoms with Crippen LogP contribution in [0.3, 0.4) is 0 Å². The summed E-state index contributed by atoms with van der Waals surface area (Å²) in [6, 6.07) is 46.0. The highest BCUT2D eigenvalue weighted by atomic mass is 32.1. The average Bonchev–Trinajstić information content (AvgIpc) is 3.77. The molecule has 3 aliphatic rings. The van der Waals surface area contributed by atoms with Crippen LogP contribution in [0, 0.1) is 0 Å². The first-order valence-corrected chi connectivity index (χ1v) is 21.8. The molecule has 0 spiro atoms. The molecule has 2 nitrogen and oxygen atoms in total. The van der Waals surface area contributed by atoms with Crippen LogP contribution in [0.15, 0.2) is 174 Å². The fourth-order valence-corrected chi connectivity index (χ4v) is 11.8. The van der Waals surface area contributed by atoms with Gasteiger partial charge in [0.25, 0.3) is 5.56 Å². The number of nitrogens with zero attached hydrogens (tertiary/aromatic N) is 1. The van der Waals surface area contributed by atoms with Crippen molar-refractivity contribution in [2.45, 2.75) is 38.1 Å². The number of thiophene rings is 1. The van der Waals surface area contributed by atoms with Crippen LogP contribution >= 0.6 is 11.3 Å². The molecule has 2 aliphatic carbocycles. The molecule has 0 saturated heterocycles. The quantitative estimate of drug-likeness (QED) is 0.163. The average molecular weight is 788 g/mol. The van der Waals surface area contributed by atoms with Gasteiger partial charge in [0.2, 0.25) is 0 Å². The Kier molecular flexibility index (Phi) is 7.67. The zero-order valence-electron chi connectivity index (χ0n) is 33.6. The standard InChI is InChI=1S/C57H41NOS/c1-34(39-27-30-53-57(3,33-39)51-24-12-23-48-46-19-8-9-20-49(46)56(59)58(53)54(48)51)25-29-52-35(2)40-21-11-22-41(55(40)60-52)38-14-10-13-36(31-38)37-26-28-47-44-17-5-4-15-42(44)43-16-6-7-18-45(43)50(47)32-37/h4-6,8-17,19-33,53H,2,7,18H2,1,3H3/b34-25+,52-29+/t53-,57?/m1/s1. The molecule has 60 heavy (non-hydrogen) atoms. The van der Waals surface area contributed by atoms with Gasteiger partial charge < -0.3 is 0 Å². The van der Waals surface area contributed by atoms with E-state index >= 15 is 0 Å². The number of fused-ring (bicyclic) bond motifs is 12. The number of aromatic nitrogens is 1. The summed E-state index contributed by atoms with van der Waals surface area (Å²) in [5, 5.41) is 10.6. The lowest BCUT2D eigenvalue weighted by atomic mass is 9.73. The van der Waals surface area contributed by atoms with Crippen LogP contribution in [-0.4, -0.2) is 4.57 Å². The summed E-state index contributed by atoms with van der Waals surface area (Å²) in [4.78, 5) is 14.0. The summed E-state index contributed by atoms with van der Waals surface area (Å²) in [5.74, 6) is 0. The second-order valence-corrected chi connectivity index (χ2v) is 18.0. The summed E-state index contributed by atoms with van der Waals surface area (Å²) in [7, 11) is 0. The van der Waals surface area contributed by atoms with E-state index < -0.39 is 0 Å². The minimum absolute atomic E-state index is 0.0784. The fourth-order valence-electron chi connectivity index (χ4n) is 10.6. The largest absolute Gasteiger partial charge is 0.299 e. The van der Waals surface area contributed by atoms with Crippen LogP contribution in [0.25, 0.3) is 94.3 Å². The number of pyridine rings is 1. The third kappa shape index (κ3) is 5.03. The van der Waals surface area contributed by atoms with Crippen LogP contribution in [0.4, 0.5) is 0 Å². The Morgan fingerprint density at radius 1 is 0.733 bits per heavy atom. The molecule has 0 fully saturated rings. The van der Waals surface area contributed by atoms with Gasteiger partial charge in [-0.25, -0.2) is 0 Å². The predicted molar refractivity (Wildman–Crippen MR) is 257 cm³/mol. The molecule has 3 heteroatoms. The van der Waals surface area contributed by atoms with E-state index in [1.54, 1.807) is 0 Å². The molecule has 1 aliphatic heterocycles. The molecule has 3 heterocycles. The maximum Gasteiger partial charge on any atom is 0.259 e. The maximum absolute atomic E-state index is 14.0. The summed E-state index contributed by atoms with van der Waals surface area (Å²) in [6.07, 6.45) is 18.1. The molecule has 0 bridgehead atoms. The lowest BCUT2D eigenvalue weighted by molar-refractivity contribution is 0.448. The van der Waals surface area contributed by atoms with Crippen molar-refractivity contribution in [3.8, 4) is 22.3 Å². The lowest BCUT2D eigenvalue weighted by Crippen LogP contribution is -2.32. The minimum atomic E-state index is -0.348. The number of allylic oxidation sites excluding steroid dienone is 7. The summed E-state index contributed by atoms with van der Waals surface area (Å²) >= 11 is 1.81. The smallest absolute Gasteiger partial charge is 0.259 e. The Balaban J connectivity index is 0.909. The Morgan fingerprint density at radius 3 is 2.30 bits per heavy atom. The van der Waals surface area contributed by atoms with Gasteiger partial charge in [0.1, 0.15) is 0 Å². The second-order valence-electron chi connectivity index (χ2n) is 17.0. The van der Waals surface area contributed by atoms with Gasteiger partial charge in [0, 0.05) is 30.8 Å². The van der Waals surface area contributed by atoms with Gasteiger partial charge in [-0.15, -0.1) is 11.3 Å². The van der Waals surface area contributed by atoms with E-state index in [1.165, 1.54) is 81.7 Å². The first-order valence-electron chi connectivity index (χ1n) is 21.0. The van der Waals surface area contributed by atoms with Gasteiger partial charge in [0.05, 0.1) is 11.6 Å². The predicted octanol–water partition coefficient (Wildman–Crippen LogP) is 13.1. The van der Waals surface area contributed by atoms with Crippen molar-refractivity contribution in [2.24, 2.45) is 0 Å². The molecule has 0 N–H and O–H groups in total. The van der Waals surface area contributed by atoms with Gasteiger partial charge in [0.15, 0.2) is 0 Å². The van der Waals surface area contributed by atoms with Crippen LogP contribution < -0.4 is 15.3 Å². The first-order chi connectivity index (χ1) is 29.4. The number of aryl methyl sites for hydroxylation is 1. The van der Waals surface area contributed by atoms with Crippen molar-refractivity contribution in [1.82, 2.24) is 4.57 Å². The SMILES string of the molecule is C=c1/c(=C\C=C(/C)C2=CC3(C)c4cccc5c6ccccc6c(=O)n(c45)[C@@H]3C=C2)sc2c(-c3cccc(-c4ccc5c(c4)c4c(c6ccccc65)C=CCC4)c3)cccc12. The summed E-state index contributed by atoms with van der Waals surface area (Å²) in [6.45, 7) is 9.07. The molecule has 2 aromatic heterocycles. The van der Waals surface area contributed by atoms with Gasteiger partial charge >= 0.3 is 0 Å². The maximum atomic E-state index is 14.0. The van der Waals surface area contributed by atoms with Crippen molar-refractivity contribution >= 4 is 83.4 Å². The molecule has 12 rings (SSSR count). The summed E-state index contributed by atoms with van der Waals surface area (Å²) in [5.41, 5.74) is 12.1. The van der Waals surface area contributed by atoms with Gasteiger partial charge in [-0.3, -0.25) is 9.36 Å². The molecule has 1 unspecified atom stereocenters. The van der Waals surface area contributed by atoms with Crippen LogP contribution in [0.5, 0.6) is 0 Å². The van der Waals surface area contributed by atoms with Crippen LogP contribution in [0.2, 0.25) is 0 Å². The molecular weight excluding hydrogens is 747 g/mol. The number of hydrogen-bond acceptors (Lipinski definition) is 2. The van der Waals surface area contributed by atoms with E-state index in [9.17, 15) is 4.79 Å². The highest BCUT2D eigenvalue weighted by Crippen LogP contribution is 2.51. The molecule has 286 valence electrons. The van der Waals surface area contributed by atoms with Crippen molar-refractivity contribution in [1.29, 1.82) is 0 Å². The van der Waals surface area contributed by atoms with E-state index in [0.29, 0.717) is 0 Å². The monoisotopic (exact) mass is 787 g/mol. The van der Waals surface area contributed by atoms with Crippen molar-refractivity contribution < 1.29 is 0 Å². The third-order valence-corrected chi connectivity index (χ3v) is 14.9. The van der Waals surface area contributed by atoms with E-state index in [0.717, 1.165) is 44.3 Å². The zero-order chi connectivity index (χ0) is 40.3. The molecule has 9 aromatic rings. The summed E-state index contributed by atoms with van der Waals surface area (Å²) < 4.78 is 4.45. The van der Waals surface area contributed by atoms with Gasteiger partial charge in [-0.05, 0) is 133 Å². The fraction of sp³-hybridized carbons (Fsp3) is 0.105. The highest BCUT2D eigenvalue weighted by molar-refractivity contribution is 7.17. The minimum Gasteiger partial charge on any atom is -0.299 e. The van der Waals surface area contributed by atoms with Gasteiger partial charge in [-0.2, -0.15) is 0 Å². The normalized spacial score (nSPS) is 18.6. The zero-order valence-corrected chi connectivity index (χ0v) is 34.4. The second kappa shape index (κ2) is 13.1. The van der Waals surface area contributed by atoms with Crippen molar-refractivity contribution in [2.75, 3.05) is 0 Å².